The molecular weight excluding hydrogens is 270 g/mol. The minimum absolute atomic E-state index is 0. The fourth-order valence-corrected chi connectivity index (χ4v) is 1.08. The smallest absolute Gasteiger partial charge is 0.390 e. The summed E-state index contributed by atoms with van der Waals surface area (Å²) in [6.45, 7) is 0. The predicted molar refractivity (Wildman–Crippen MR) is 56.2 cm³/mol. The average molecular weight is 275 g/mol. The minimum atomic E-state index is -1.98. The van der Waals surface area contributed by atoms with E-state index < -0.39 is 43.6 Å². The molecule has 1 aromatic heterocycles. The Balaban J connectivity index is 0.00000324. The molecule has 0 saturated carbocycles. The monoisotopic (exact) mass is 275 g/mol. The molecule has 1 aromatic rings. The van der Waals surface area contributed by atoms with Crippen molar-refractivity contribution in [2.45, 2.75) is 0 Å². The molecule has 0 spiro atoms. The summed E-state index contributed by atoms with van der Waals surface area (Å²) in [5, 5.41) is 40.1. The summed E-state index contributed by atoms with van der Waals surface area (Å²) in [5.74, 6) is -4.61. The molecule has 4 N–H and O–H groups in total. The highest BCUT2D eigenvalue weighted by Crippen LogP contribution is 2.30. The maximum Gasteiger partial charge on any atom is 0.390 e. The van der Waals surface area contributed by atoms with Crippen LogP contribution in [-0.4, -0.2) is 30.8 Å². The van der Waals surface area contributed by atoms with Crippen LogP contribution in [0.15, 0.2) is 6.07 Å². The number of nitrogens with zero attached hydrogens (tertiary/aromatic N) is 4. The normalized spacial score (nSPS) is 9.26. The molecule has 102 valence electrons. The van der Waals surface area contributed by atoms with Crippen LogP contribution in [0.4, 0.5) is 17.3 Å². The lowest BCUT2D eigenvalue weighted by atomic mass is 10.2. The van der Waals surface area contributed by atoms with Crippen LogP contribution in [-0.2, 0) is 0 Å². The molecule has 0 aliphatic carbocycles. The number of carboxylic acid groups (broad SMARTS) is 1. The van der Waals surface area contributed by atoms with E-state index in [1.54, 1.807) is 0 Å². The zero-order valence-electron chi connectivity index (χ0n) is 8.88. The minimum Gasteiger partial charge on any atom is -0.477 e. The van der Waals surface area contributed by atoms with Crippen molar-refractivity contribution in [3.8, 4) is 0 Å². The Morgan fingerprint density at radius 1 is 1.11 bits per heavy atom. The molecule has 1 heterocycles. The van der Waals surface area contributed by atoms with Crippen molar-refractivity contribution in [1.29, 1.82) is 0 Å². The van der Waals surface area contributed by atoms with Gasteiger partial charge in [-0.25, -0.2) is 4.79 Å². The first kappa shape index (κ1) is 15.8. The highest BCUT2D eigenvalue weighted by atomic mass is 16.6. The molecule has 0 aromatic carbocycles. The third kappa shape index (κ3) is 2.91. The summed E-state index contributed by atoms with van der Waals surface area (Å²) in [5.41, 5.74) is -2.58. The third-order valence-electron chi connectivity index (χ3n) is 1.74. The van der Waals surface area contributed by atoms with Crippen LogP contribution in [0.3, 0.4) is 0 Å². The summed E-state index contributed by atoms with van der Waals surface area (Å²) in [4.78, 5) is 41.2. The van der Waals surface area contributed by atoms with Gasteiger partial charge in [0.15, 0.2) is 0 Å². The van der Waals surface area contributed by atoms with Gasteiger partial charge in [-0.05, 0) is 9.85 Å². The number of aromatic nitrogens is 1. The Morgan fingerprint density at radius 3 is 1.95 bits per heavy atom. The molecule has 0 amide bonds. The van der Waals surface area contributed by atoms with E-state index >= 15 is 0 Å². The lowest BCUT2D eigenvalue weighted by Crippen LogP contribution is -2.10. The van der Waals surface area contributed by atoms with E-state index in [-0.39, 0.29) is 12.2 Å². The van der Waals surface area contributed by atoms with Gasteiger partial charge < -0.3 is 31.5 Å². The largest absolute Gasteiger partial charge is 0.477 e. The number of pyridine rings is 1. The number of nitro groups is 3. The van der Waals surface area contributed by atoms with E-state index in [9.17, 15) is 35.1 Å². The second-order valence-electron chi connectivity index (χ2n) is 2.77. The fourth-order valence-electron chi connectivity index (χ4n) is 1.08. The number of aromatic carboxylic acids is 1. The van der Waals surface area contributed by atoms with Gasteiger partial charge in [0.2, 0.25) is 5.56 Å². The molecular formula is C6H5N5O8. The number of carbonyl (C=O) groups is 1. The first-order chi connectivity index (χ1) is 8.25. The van der Waals surface area contributed by atoms with Crippen LogP contribution in [0.25, 0.3) is 0 Å². The molecule has 0 saturated heterocycles. The molecule has 0 aliphatic rings. The Hall–Kier alpha value is -3.22. The van der Waals surface area contributed by atoms with Crippen molar-refractivity contribution in [3.05, 3.63) is 42.0 Å². The second-order valence-corrected chi connectivity index (χ2v) is 2.77. The van der Waals surface area contributed by atoms with Crippen LogP contribution in [0.1, 0.15) is 10.4 Å². The Morgan fingerprint density at radius 2 is 1.63 bits per heavy atom. The van der Waals surface area contributed by atoms with Crippen LogP contribution in [0, 0.1) is 30.3 Å². The molecule has 0 aliphatic heterocycles. The zero-order chi connectivity index (χ0) is 14.0. The van der Waals surface area contributed by atoms with Crippen LogP contribution >= 0.6 is 0 Å². The molecule has 0 atom stereocenters. The van der Waals surface area contributed by atoms with E-state index in [2.05, 4.69) is 4.98 Å². The van der Waals surface area contributed by atoms with Gasteiger partial charge in [-0.15, -0.1) is 0 Å². The quantitative estimate of drug-likeness (QED) is 0.577. The van der Waals surface area contributed by atoms with Crippen molar-refractivity contribution in [2.24, 2.45) is 0 Å². The van der Waals surface area contributed by atoms with Gasteiger partial charge in [-0.3, -0.25) is 10.1 Å². The Labute approximate surface area is 102 Å². The predicted octanol–water partition coefficient (Wildman–Crippen LogP) is 0.666. The molecule has 19 heavy (non-hydrogen) atoms. The van der Waals surface area contributed by atoms with Crippen LogP contribution < -0.4 is 6.15 Å². The summed E-state index contributed by atoms with van der Waals surface area (Å²) in [6.07, 6.45) is 0. The maximum atomic E-state index is 10.7. The van der Waals surface area contributed by atoms with E-state index in [0.717, 1.165) is 0 Å². The van der Waals surface area contributed by atoms with Gasteiger partial charge in [-0.1, -0.05) is 0 Å². The molecule has 13 nitrogen and oxygen atoms in total. The van der Waals surface area contributed by atoms with Gasteiger partial charge in [0.05, 0.1) is 4.92 Å². The number of hydrogen-bond acceptors (Lipinski definition) is 9. The summed E-state index contributed by atoms with van der Waals surface area (Å²) in [7, 11) is 0. The zero-order valence-corrected chi connectivity index (χ0v) is 8.88. The summed E-state index contributed by atoms with van der Waals surface area (Å²) >= 11 is 0. The molecule has 0 unspecified atom stereocenters. The number of hydrogen-bond donors (Lipinski definition) is 2. The highest BCUT2D eigenvalue weighted by molar-refractivity contribution is 5.96. The first-order valence-electron chi connectivity index (χ1n) is 3.97. The second kappa shape index (κ2) is 5.41. The lowest BCUT2D eigenvalue weighted by Gasteiger charge is -2.00. The molecule has 1 rings (SSSR count). The molecule has 13 heteroatoms. The van der Waals surface area contributed by atoms with E-state index in [1.807, 2.05) is 0 Å². The van der Waals surface area contributed by atoms with Gasteiger partial charge >= 0.3 is 23.3 Å². The Bertz CT molecular complexity index is 548. The lowest BCUT2D eigenvalue weighted by molar-refractivity contribution is -0.410. The third-order valence-corrected chi connectivity index (χ3v) is 1.74. The van der Waals surface area contributed by atoms with E-state index in [1.165, 1.54) is 0 Å². The van der Waals surface area contributed by atoms with Crippen LogP contribution in [0.2, 0.25) is 0 Å². The van der Waals surface area contributed by atoms with E-state index in [4.69, 9.17) is 5.11 Å². The van der Waals surface area contributed by atoms with Crippen molar-refractivity contribution in [3.63, 3.8) is 0 Å². The molecule has 0 radical (unpaired) electrons. The summed E-state index contributed by atoms with van der Waals surface area (Å²) < 4.78 is 0. The number of carboxylic acids is 1. The van der Waals surface area contributed by atoms with Gasteiger partial charge in [-0.2, -0.15) is 0 Å². The SMILES string of the molecule is N.O=C(O)c1c([N+](=O)[O-])cc([N+](=O)[O-])nc1[N+](=O)[O-]. The summed E-state index contributed by atoms with van der Waals surface area (Å²) in [6, 6.07) is 0.246. The standard InChI is InChI=1S/C6H2N4O8.H3N/c11-6(12)4-2(8(13)14)1-3(9(15)16)7-5(4)10(17)18;/h1H,(H,11,12);1H3. The van der Waals surface area contributed by atoms with E-state index in [0.29, 0.717) is 0 Å². The van der Waals surface area contributed by atoms with Crippen molar-refractivity contribution in [1.82, 2.24) is 11.1 Å². The van der Waals surface area contributed by atoms with Gasteiger partial charge in [0.25, 0.3) is 0 Å². The topological polar surface area (TPSA) is 215 Å². The van der Waals surface area contributed by atoms with Crippen molar-refractivity contribution >= 4 is 23.3 Å². The highest BCUT2D eigenvalue weighted by Gasteiger charge is 2.36. The molecule has 0 bridgehead atoms. The number of rotatable bonds is 4. The first-order valence-corrected chi connectivity index (χ1v) is 3.97. The Kier molecular flexibility index (Phi) is 4.49. The van der Waals surface area contributed by atoms with Crippen molar-refractivity contribution < 1.29 is 24.7 Å². The fraction of sp³-hybridized carbons (Fsp3) is 0. The van der Waals surface area contributed by atoms with Gasteiger partial charge in [0, 0.05) is 4.98 Å². The van der Waals surface area contributed by atoms with Gasteiger partial charge in [0.1, 0.15) is 6.07 Å². The molecule has 0 fully saturated rings. The average Bonchev–Trinajstić information content (AvgIpc) is 2.26. The van der Waals surface area contributed by atoms with Crippen molar-refractivity contribution in [2.75, 3.05) is 0 Å². The maximum absolute atomic E-state index is 10.7. The van der Waals surface area contributed by atoms with Crippen LogP contribution in [0.5, 0.6) is 0 Å².